The van der Waals surface area contributed by atoms with Crippen molar-refractivity contribution in [1.29, 1.82) is 0 Å². The van der Waals surface area contributed by atoms with Gasteiger partial charge in [0.1, 0.15) is 18.2 Å². The summed E-state index contributed by atoms with van der Waals surface area (Å²) in [6.45, 7) is 12.3. The summed E-state index contributed by atoms with van der Waals surface area (Å²) in [6.07, 6.45) is 2.29. The zero-order chi connectivity index (χ0) is 29.6. The van der Waals surface area contributed by atoms with Crippen LogP contribution in [0.3, 0.4) is 0 Å². The number of carboxylic acid groups (broad SMARTS) is 1. The zero-order valence-electron chi connectivity index (χ0n) is 24.7. The largest absolute Gasteiger partial charge is 0.480 e. The van der Waals surface area contributed by atoms with Crippen LogP contribution in [0.1, 0.15) is 83.9 Å². The van der Waals surface area contributed by atoms with Crippen LogP contribution in [0.5, 0.6) is 0 Å². The van der Waals surface area contributed by atoms with Gasteiger partial charge in [0.15, 0.2) is 0 Å². The predicted molar refractivity (Wildman–Crippen MR) is 150 cm³/mol. The number of carbonyl (C=O) groups is 4. The van der Waals surface area contributed by atoms with Crippen molar-refractivity contribution in [2.24, 2.45) is 11.3 Å². The summed E-state index contributed by atoms with van der Waals surface area (Å²) in [5.74, 6) is -1.62. The van der Waals surface area contributed by atoms with Crippen molar-refractivity contribution in [3.05, 3.63) is 34.9 Å². The Hall–Kier alpha value is -3.30. The van der Waals surface area contributed by atoms with Crippen LogP contribution >= 0.6 is 0 Å². The Morgan fingerprint density at radius 2 is 1.85 bits per heavy atom. The number of carboxylic acids is 1. The number of benzene rings is 1. The first kappa shape index (κ1) is 31.2. The Morgan fingerprint density at radius 3 is 2.48 bits per heavy atom. The number of hydrogen-bond donors (Lipinski definition) is 2. The molecule has 40 heavy (non-hydrogen) atoms. The number of likely N-dealkylation sites (tertiary alicyclic amines) is 1. The third kappa shape index (κ3) is 7.88. The van der Waals surface area contributed by atoms with E-state index in [1.54, 1.807) is 25.7 Å². The van der Waals surface area contributed by atoms with E-state index in [1.165, 1.54) is 10.5 Å². The Balaban J connectivity index is 1.67. The smallest absolute Gasteiger partial charge is 0.410 e. The molecule has 3 amide bonds. The van der Waals surface area contributed by atoms with Crippen LogP contribution in [-0.2, 0) is 38.6 Å². The summed E-state index contributed by atoms with van der Waals surface area (Å²) >= 11 is 0. The van der Waals surface area contributed by atoms with E-state index in [-0.39, 0.29) is 25.5 Å². The molecular weight excluding hydrogens is 514 g/mol. The van der Waals surface area contributed by atoms with Crippen molar-refractivity contribution in [1.82, 2.24) is 15.1 Å². The van der Waals surface area contributed by atoms with Crippen molar-refractivity contribution in [2.75, 3.05) is 13.2 Å². The summed E-state index contributed by atoms with van der Waals surface area (Å²) < 4.78 is 11.0. The van der Waals surface area contributed by atoms with E-state index in [2.05, 4.69) is 18.3 Å². The van der Waals surface area contributed by atoms with Crippen LogP contribution in [0.15, 0.2) is 18.2 Å². The molecule has 2 N–H and O–H groups in total. The average molecular weight is 560 g/mol. The SMILES string of the molecule is CCCCCc1cccc2c1CN(C(=O)OC1C[C@@H](C(=O)O)N(C(=O)[C@@H](NC(=O)OCC(C)C)C(C)(C)C)C1)C2. The quantitative estimate of drug-likeness (QED) is 0.397. The third-order valence-corrected chi connectivity index (χ3v) is 7.41. The van der Waals surface area contributed by atoms with Gasteiger partial charge in [-0.3, -0.25) is 9.69 Å². The first-order chi connectivity index (χ1) is 18.8. The molecule has 2 heterocycles. The molecule has 0 radical (unpaired) electrons. The van der Waals surface area contributed by atoms with Gasteiger partial charge in [-0.25, -0.2) is 14.4 Å². The molecule has 10 heteroatoms. The topological polar surface area (TPSA) is 125 Å². The Bertz CT molecular complexity index is 1080. The fourth-order valence-corrected chi connectivity index (χ4v) is 5.21. The molecule has 3 rings (SSSR count). The van der Waals surface area contributed by atoms with Gasteiger partial charge in [0, 0.05) is 19.5 Å². The highest BCUT2D eigenvalue weighted by atomic mass is 16.6. The molecule has 1 fully saturated rings. The van der Waals surface area contributed by atoms with Crippen LogP contribution in [0, 0.1) is 11.3 Å². The maximum absolute atomic E-state index is 13.6. The molecule has 10 nitrogen and oxygen atoms in total. The molecule has 2 aliphatic rings. The lowest BCUT2D eigenvalue weighted by molar-refractivity contribution is -0.150. The van der Waals surface area contributed by atoms with Crippen molar-refractivity contribution in [3.8, 4) is 0 Å². The molecule has 2 aliphatic heterocycles. The average Bonchev–Trinajstić information content (AvgIpc) is 3.50. The number of alkyl carbamates (subject to hydrolysis) is 1. The van der Waals surface area contributed by atoms with Crippen LogP contribution in [0.25, 0.3) is 0 Å². The number of aryl methyl sites for hydroxylation is 1. The number of hydrogen-bond acceptors (Lipinski definition) is 6. The highest BCUT2D eigenvalue weighted by molar-refractivity contribution is 5.90. The minimum atomic E-state index is -1.19. The second-order valence-electron chi connectivity index (χ2n) is 12.4. The lowest BCUT2D eigenvalue weighted by Crippen LogP contribution is -2.57. The monoisotopic (exact) mass is 559 g/mol. The van der Waals surface area contributed by atoms with Gasteiger partial charge in [0.05, 0.1) is 13.2 Å². The molecule has 0 spiro atoms. The summed E-state index contributed by atoms with van der Waals surface area (Å²) in [6, 6.07) is 3.95. The minimum Gasteiger partial charge on any atom is -0.480 e. The number of nitrogens with one attached hydrogen (secondary N) is 1. The number of nitrogens with zero attached hydrogens (tertiary/aromatic N) is 2. The number of ether oxygens (including phenoxy) is 2. The molecule has 1 saturated heterocycles. The molecule has 3 atom stereocenters. The molecule has 0 saturated carbocycles. The van der Waals surface area contributed by atoms with E-state index in [9.17, 15) is 24.3 Å². The van der Waals surface area contributed by atoms with E-state index < -0.39 is 47.7 Å². The standard InChI is InChI=1S/C30H45N3O7/c1-7-8-9-11-20-12-10-13-21-15-32(17-23(20)21)29(38)40-22-14-24(27(35)36)33(16-22)26(34)25(30(4,5)6)31-28(37)39-18-19(2)3/h10,12-13,19,22,24-25H,7-9,11,14-18H2,1-6H3,(H,31,37)(H,35,36)/t22?,24-,25+/m0/s1. The van der Waals surface area contributed by atoms with Crippen molar-refractivity contribution in [2.45, 2.75) is 105 Å². The van der Waals surface area contributed by atoms with Crippen molar-refractivity contribution >= 4 is 24.1 Å². The first-order valence-electron chi connectivity index (χ1n) is 14.3. The molecular formula is C30H45N3O7. The molecule has 0 aliphatic carbocycles. The predicted octanol–water partition coefficient (Wildman–Crippen LogP) is 4.72. The number of aliphatic carboxylic acids is 1. The molecule has 222 valence electrons. The van der Waals surface area contributed by atoms with Gasteiger partial charge in [0.25, 0.3) is 0 Å². The summed E-state index contributed by atoms with van der Waals surface area (Å²) in [7, 11) is 0. The van der Waals surface area contributed by atoms with Gasteiger partial charge in [-0.1, -0.05) is 72.6 Å². The number of unbranched alkanes of at least 4 members (excludes halogenated alkanes) is 2. The van der Waals surface area contributed by atoms with E-state index in [0.717, 1.165) is 36.8 Å². The lowest BCUT2D eigenvalue weighted by Gasteiger charge is -2.34. The van der Waals surface area contributed by atoms with Crippen LogP contribution in [0.2, 0.25) is 0 Å². The van der Waals surface area contributed by atoms with Gasteiger partial charge in [-0.15, -0.1) is 0 Å². The molecule has 1 unspecified atom stereocenters. The first-order valence-corrected chi connectivity index (χ1v) is 14.3. The molecule has 1 aromatic rings. The second-order valence-corrected chi connectivity index (χ2v) is 12.4. The third-order valence-electron chi connectivity index (χ3n) is 7.41. The maximum atomic E-state index is 13.6. The number of fused-ring (bicyclic) bond motifs is 1. The van der Waals surface area contributed by atoms with Gasteiger partial charge in [-0.2, -0.15) is 0 Å². The van der Waals surface area contributed by atoms with E-state index in [1.807, 2.05) is 26.0 Å². The molecule has 0 aromatic heterocycles. The lowest BCUT2D eigenvalue weighted by atomic mass is 9.85. The summed E-state index contributed by atoms with van der Waals surface area (Å²) in [5, 5.41) is 12.5. The van der Waals surface area contributed by atoms with E-state index in [0.29, 0.717) is 13.1 Å². The van der Waals surface area contributed by atoms with E-state index >= 15 is 0 Å². The summed E-state index contributed by atoms with van der Waals surface area (Å²) in [5.41, 5.74) is 2.78. The fraction of sp³-hybridized carbons (Fsp3) is 0.667. The number of rotatable bonds is 10. The fourth-order valence-electron chi connectivity index (χ4n) is 5.21. The molecule has 1 aromatic carbocycles. The Kier molecular flexibility index (Phi) is 10.4. The van der Waals surface area contributed by atoms with Crippen molar-refractivity contribution < 1.29 is 33.8 Å². The van der Waals surface area contributed by atoms with Crippen LogP contribution < -0.4 is 5.32 Å². The van der Waals surface area contributed by atoms with Crippen LogP contribution in [0.4, 0.5) is 9.59 Å². The maximum Gasteiger partial charge on any atom is 0.410 e. The Labute approximate surface area is 237 Å². The number of amides is 3. The van der Waals surface area contributed by atoms with Crippen LogP contribution in [-0.4, -0.2) is 70.3 Å². The van der Waals surface area contributed by atoms with Gasteiger partial charge >= 0.3 is 18.2 Å². The van der Waals surface area contributed by atoms with Gasteiger partial charge in [0.2, 0.25) is 5.91 Å². The minimum absolute atomic E-state index is 0.0233. The highest BCUT2D eigenvalue weighted by Crippen LogP contribution is 2.30. The van der Waals surface area contributed by atoms with E-state index in [4.69, 9.17) is 9.47 Å². The second kappa shape index (κ2) is 13.4. The Morgan fingerprint density at radius 1 is 1.12 bits per heavy atom. The number of carbonyl (C=O) groups excluding carboxylic acids is 3. The van der Waals surface area contributed by atoms with Gasteiger partial charge < -0.3 is 24.8 Å². The van der Waals surface area contributed by atoms with Gasteiger partial charge in [-0.05, 0) is 40.9 Å². The van der Waals surface area contributed by atoms with Crippen molar-refractivity contribution in [3.63, 3.8) is 0 Å². The zero-order valence-corrected chi connectivity index (χ0v) is 24.7. The summed E-state index contributed by atoms with van der Waals surface area (Å²) in [4.78, 5) is 54.1. The highest BCUT2D eigenvalue weighted by Gasteiger charge is 2.46. The molecule has 0 bridgehead atoms. The normalized spacial score (nSPS) is 19.4.